The molecule has 2 N–H and O–H groups in total. The maximum absolute atomic E-state index is 9.19. The zero-order valence-electron chi connectivity index (χ0n) is 8.22. The molecule has 0 fully saturated rings. The van der Waals surface area contributed by atoms with Crippen LogP contribution in [0.4, 0.5) is 0 Å². The zero-order chi connectivity index (χ0) is 11.9. The lowest BCUT2D eigenvalue weighted by Crippen LogP contribution is -1.90. The van der Waals surface area contributed by atoms with Crippen LogP contribution in [0.25, 0.3) is 0 Å². The summed E-state index contributed by atoms with van der Waals surface area (Å²) in [5.41, 5.74) is 1.01. The van der Waals surface area contributed by atoms with Crippen LogP contribution in [-0.2, 0) is 16.5 Å². The normalized spacial score (nSPS) is 10.4. The van der Waals surface area contributed by atoms with E-state index in [0.29, 0.717) is 12.7 Å². The van der Waals surface area contributed by atoms with E-state index in [2.05, 4.69) is 0 Å². The Hall–Kier alpha value is -0.620. The zero-order valence-corrected chi connectivity index (χ0v) is 9.79. The van der Waals surface area contributed by atoms with Gasteiger partial charge in [-0.05, 0) is 18.1 Å². The Morgan fingerprint density at radius 1 is 1.33 bits per heavy atom. The van der Waals surface area contributed by atoms with Gasteiger partial charge in [-0.1, -0.05) is 29.8 Å². The molecule has 1 rings (SSSR count). The summed E-state index contributed by atoms with van der Waals surface area (Å²) in [6.45, 7) is 0.156. The first-order valence-electron chi connectivity index (χ1n) is 4.11. The van der Waals surface area contributed by atoms with E-state index < -0.39 is 10.1 Å². The monoisotopic (exact) mass is 252 g/mol. The number of hydrogen-bond acceptors (Lipinski definition) is 3. The molecule has 4 nitrogen and oxygen atoms in total. The van der Waals surface area contributed by atoms with E-state index in [1.54, 1.807) is 0 Å². The van der Waals surface area contributed by atoms with E-state index in [1.807, 2.05) is 24.3 Å². The maximum Gasteiger partial charge on any atom is 0.261 e. The maximum atomic E-state index is 9.19. The minimum Gasteiger partial charge on any atom is -0.396 e. The molecule has 0 saturated carbocycles. The predicted octanol–water partition coefficient (Wildman–Crippen LogP) is 1.38. The molecule has 1 aromatic carbocycles. The second-order valence-corrected chi connectivity index (χ2v) is 4.67. The molecule has 0 aliphatic rings. The largest absolute Gasteiger partial charge is 0.396 e. The van der Waals surface area contributed by atoms with Crippen LogP contribution in [0, 0.1) is 0 Å². The van der Waals surface area contributed by atoms with Crippen molar-refractivity contribution in [2.75, 3.05) is 12.9 Å². The Labute approximate surface area is 94.3 Å². The van der Waals surface area contributed by atoms with Gasteiger partial charge in [0.2, 0.25) is 0 Å². The molecule has 0 aliphatic heterocycles. The van der Waals surface area contributed by atoms with E-state index in [1.165, 1.54) is 0 Å². The lowest BCUT2D eigenvalue weighted by atomic mass is 10.2. The second kappa shape index (κ2) is 6.79. The van der Waals surface area contributed by atoms with Crippen LogP contribution in [0.15, 0.2) is 24.3 Å². The van der Waals surface area contributed by atoms with Gasteiger partial charge in [0.15, 0.2) is 0 Å². The van der Waals surface area contributed by atoms with Crippen molar-refractivity contribution >= 4 is 21.7 Å². The van der Waals surface area contributed by atoms with Crippen molar-refractivity contribution in [3.63, 3.8) is 0 Å². The molecule has 0 aromatic heterocycles. The van der Waals surface area contributed by atoms with Crippen molar-refractivity contribution in [3.05, 3.63) is 34.9 Å². The molecule has 0 aliphatic carbocycles. The van der Waals surface area contributed by atoms with Crippen LogP contribution >= 0.6 is 11.6 Å². The van der Waals surface area contributed by atoms with E-state index in [-0.39, 0.29) is 6.61 Å². The van der Waals surface area contributed by atoms with Gasteiger partial charge < -0.3 is 5.11 Å². The van der Waals surface area contributed by atoms with Crippen LogP contribution in [0.1, 0.15) is 5.56 Å². The Balaban J connectivity index is 0.000000336. The van der Waals surface area contributed by atoms with Crippen molar-refractivity contribution in [2.24, 2.45) is 0 Å². The van der Waals surface area contributed by atoms with Crippen molar-refractivity contribution in [3.8, 4) is 0 Å². The minimum absolute atomic E-state index is 0.156. The quantitative estimate of drug-likeness (QED) is 0.780. The summed E-state index contributed by atoms with van der Waals surface area (Å²) in [5, 5.41) is 9.32. The predicted molar refractivity (Wildman–Crippen MR) is 59.7 cm³/mol. The molecule has 0 atom stereocenters. The van der Waals surface area contributed by atoms with Gasteiger partial charge in [0, 0.05) is 11.6 Å². The molecule has 0 bridgehead atoms. The van der Waals surface area contributed by atoms with Crippen LogP contribution in [-0.4, -0.2) is 30.9 Å². The summed E-state index contributed by atoms with van der Waals surface area (Å²) >= 11 is 5.79. The van der Waals surface area contributed by atoms with Gasteiger partial charge in [-0.2, -0.15) is 8.42 Å². The molecule has 0 saturated heterocycles. The molecular formula is C9H13ClO4S. The molecule has 86 valence electrons. The van der Waals surface area contributed by atoms with Gasteiger partial charge in [0.1, 0.15) is 0 Å². The Morgan fingerprint density at radius 2 is 1.80 bits per heavy atom. The number of rotatable bonds is 2. The standard InChI is InChI=1S/C8H9ClO.CH4O3S/c9-8-4-2-1-3-7(8)5-6-10;1-5(2,3)4/h1-4,10H,5-6H2;1H3,(H,2,3,4). The third-order valence-corrected chi connectivity index (χ3v) is 1.71. The lowest BCUT2D eigenvalue weighted by molar-refractivity contribution is 0.299. The Morgan fingerprint density at radius 3 is 2.20 bits per heavy atom. The number of halogens is 1. The summed E-state index contributed by atoms with van der Waals surface area (Å²) < 4.78 is 25.9. The van der Waals surface area contributed by atoms with E-state index in [9.17, 15) is 8.42 Å². The first kappa shape index (κ1) is 14.4. The summed E-state index contributed by atoms with van der Waals surface area (Å²) in [6, 6.07) is 7.53. The smallest absolute Gasteiger partial charge is 0.261 e. The van der Waals surface area contributed by atoms with Crippen molar-refractivity contribution < 1.29 is 18.1 Å². The molecule has 0 unspecified atom stereocenters. The highest BCUT2D eigenvalue weighted by atomic mass is 35.5. The van der Waals surface area contributed by atoms with Crippen LogP contribution in [0.2, 0.25) is 5.02 Å². The second-order valence-electron chi connectivity index (χ2n) is 2.80. The van der Waals surface area contributed by atoms with Crippen LogP contribution in [0.5, 0.6) is 0 Å². The summed E-state index contributed by atoms with van der Waals surface area (Å²) in [5.74, 6) is 0. The number of benzene rings is 1. The van der Waals surface area contributed by atoms with Gasteiger partial charge >= 0.3 is 0 Å². The molecule has 15 heavy (non-hydrogen) atoms. The van der Waals surface area contributed by atoms with E-state index in [4.69, 9.17) is 21.3 Å². The van der Waals surface area contributed by atoms with Crippen molar-refractivity contribution in [1.82, 2.24) is 0 Å². The summed E-state index contributed by atoms with van der Waals surface area (Å²) in [6.07, 6.45) is 1.35. The average Bonchev–Trinajstić information content (AvgIpc) is 2.06. The average molecular weight is 253 g/mol. The fourth-order valence-corrected chi connectivity index (χ4v) is 1.05. The van der Waals surface area contributed by atoms with Gasteiger partial charge in [0.05, 0.1) is 6.26 Å². The third-order valence-electron chi connectivity index (χ3n) is 1.34. The first-order valence-corrected chi connectivity index (χ1v) is 6.34. The summed E-state index contributed by atoms with van der Waals surface area (Å²) in [4.78, 5) is 0. The molecule has 0 amide bonds. The van der Waals surface area contributed by atoms with E-state index in [0.717, 1.165) is 10.6 Å². The fraction of sp³-hybridized carbons (Fsp3) is 0.333. The third kappa shape index (κ3) is 9.68. The molecular weight excluding hydrogens is 240 g/mol. The molecule has 0 heterocycles. The Kier molecular flexibility index (Phi) is 6.51. The first-order chi connectivity index (χ1) is 6.84. The van der Waals surface area contributed by atoms with E-state index >= 15 is 0 Å². The number of hydrogen-bond donors (Lipinski definition) is 2. The van der Waals surface area contributed by atoms with Crippen LogP contribution < -0.4 is 0 Å². The summed E-state index contributed by atoms with van der Waals surface area (Å²) in [7, 11) is -3.67. The SMILES string of the molecule is CS(=O)(=O)O.OCCc1ccccc1Cl. The highest BCUT2D eigenvalue weighted by Crippen LogP contribution is 2.14. The fourth-order valence-electron chi connectivity index (χ4n) is 0.822. The molecule has 1 aromatic rings. The van der Waals surface area contributed by atoms with Gasteiger partial charge in [0.25, 0.3) is 10.1 Å². The van der Waals surface area contributed by atoms with Gasteiger partial charge in [-0.3, -0.25) is 4.55 Å². The highest BCUT2D eigenvalue weighted by Gasteiger charge is 1.95. The van der Waals surface area contributed by atoms with Crippen LogP contribution in [0.3, 0.4) is 0 Å². The van der Waals surface area contributed by atoms with Crippen molar-refractivity contribution in [1.29, 1.82) is 0 Å². The Bertz CT molecular complexity index is 381. The molecule has 0 spiro atoms. The number of aliphatic hydroxyl groups excluding tert-OH is 1. The minimum atomic E-state index is -3.67. The topological polar surface area (TPSA) is 74.6 Å². The lowest BCUT2D eigenvalue weighted by Gasteiger charge is -1.98. The number of aliphatic hydroxyl groups is 1. The highest BCUT2D eigenvalue weighted by molar-refractivity contribution is 7.85. The van der Waals surface area contributed by atoms with Gasteiger partial charge in [-0.25, -0.2) is 0 Å². The van der Waals surface area contributed by atoms with Gasteiger partial charge in [-0.15, -0.1) is 0 Å². The molecule has 0 radical (unpaired) electrons. The molecule has 6 heteroatoms. The van der Waals surface area contributed by atoms with Crippen molar-refractivity contribution in [2.45, 2.75) is 6.42 Å².